The molecule has 11 heteroatoms. The number of para-hydroxylation sites is 2. The molecule has 2 aromatic carbocycles. The molecular formula is C20H20N10O. The van der Waals surface area contributed by atoms with E-state index in [1.54, 1.807) is 26.4 Å². The van der Waals surface area contributed by atoms with Crippen LogP contribution in [0.1, 0.15) is 10.4 Å². The van der Waals surface area contributed by atoms with Gasteiger partial charge in [0.2, 0.25) is 5.65 Å². The first-order valence-electron chi connectivity index (χ1n) is 9.82. The van der Waals surface area contributed by atoms with Gasteiger partial charge in [-0.25, -0.2) is 4.98 Å². The van der Waals surface area contributed by atoms with Crippen LogP contribution >= 0.6 is 0 Å². The Kier molecular flexibility index (Phi) is 4.54. The van der Waals surface area contributed by atoms with Crippen molar-refractivity contribution in [3.63, 3.8) is 0 Å². The lowest BCUT2D eigenvalue weighted by Crippen LogP contribution is -2.52. The predicted octanol–water partition coefficient (Wildman–Crippen LogP) is 1.07. The molecule has 11 nitrogen and oxygen atoms in total. The van der Waals surface area contributed by atoms with E-state index in [9.17, 15) is 4.79 Å². The van der Waals surface area contributed by atoms with Gasteiger partial charge in [-0.1, -0.05) is 12.1 Å². The Balaban J connectivity index is 1.34. The van der Waals surface area contributed by atoms with Crippen molar-refractivity contribution >= 4 is 40.1 Å². The van der Waals surface area contributed by atoms with Gasteiger partial charge in [-0.3, -0.25) is 10.2 Å². The van der Waals surface area contributed by atoms with Gasteiger partial charge in [0.1, 0.15) is 0 Å². The number of aromatic nitrogens is 5. The molecule has 0 bridgehead atoms. The van der Waals surface area contributed by atoms with E-state index in [-0.39, 0.29) is 11.9 Å². The monoisotopic (exact) mass is 416 g/mol. The summed E-state index contributed by atoms with van der Waals surface area (Å²) < 4.78 is 1.64. The zero-order valence-electron chi connectivity index (χ0n) is 16.6. The van der Waals surface area contributed by atoms with Crippen LogP contribution in [-0.2, 0) is 0 Å². The molecule has 1 amide bonds. The number of piperazine rings is 1. The molecule has 1 aliphatic heterocycles. The van der Waals surface area contributed by atoms with Gasteiger partial charge >= 0.3 is 0 Å². The highest BCUT2D eigenvalue weighted by atomic mass is 16.2. The first-order chi connectivity index (χ1) is 15.1. The van der Waals surface area contributed by atoms with E-state index in [0.717, 1.165) is 16.7 Å². The van der Waals surface area contributed by atoms with Gasteiger partial charge in [-0.05, 0) is 46.8 Å². The van der Waals surface area contributed by atoms with E-state index in [1.807, 2.05) is 36.4 Å². The number of carbonyl (C=O) groups excluding carboxylic acids is 1. The topological polar surface area (TPSA) is 141 Å². The third kappa shape index (κ3) is 3.45. The molecule has 1 fully saturated rings. The predicted molar refractivity (Wildman–Crippen MR) is 115 cm³/mol. The van der Waals surface area contributed by atoms with Crippen LogP contribution in [0.2, 0.25) is 0 Å². The second-order valence-corrected chi connectivity index (χ2v) is 7.23. The molecule has 0 saturated carbocycles. The standard InChI is InChI=1S/C20H20N10O/c21-20(22)29-11-9-28(10-12-29)19(31)13-5-7-14(8-6-13)23-17-18-25-26-27-30(18)16-4-2-1-3-15(16)24-17/h1-8H,9-12H2,(H3,21,22)(H,23,24). The molecule has 0 unspecified atom stereocenters. The molecule has 0 atom stereocenters. The van der Waals surface area contributed by atoms with Gasteiger partial charge in [-0.15, -0.1) is 5.10 Å². The Morgan fingerprint density at radius 3 is 2.45 bits per heavy atom. The maximum absolute atomic E-state index is 12.8. The lowest BCUT2D eigenvalue weighted by atomic mass is 10.1. The molecule has 156 valence electrons. The fraction of sp³-hybridized carbons (Fsp3) is 0.200. The zero-order valence-corrected chi connectivity index (χ0v) is 16.6. The number of rotatable bonds is 3. The number of hydrogen-bond donors (Lipinski definition) is 3. The van der Waals surface area contributed by atoms with Gasteiger partial charge < -0.3 is 20.9 Å². The molecule has 0 radical (unpaired) electrons. The summed E-state index contributed by atoms with van der Waals surface area (Å²) in [5.74, 6) is 0.535. The molecule has 5 rings (SSSR count). The van der Waals surface area contributed by atoms with Crippen molar-refractivity contribution in [3.8, 4) is 0 Å². The molecule has 0 spiro atoms. The van der Waals surface area contributed by atoms with Crippen molar-refractivity contribution < 1.29 is 4.79 Å². The second kappa shape index (κ2) is 7.52. The summed E-state index contributed by atoms with van der Waals surface area (Å²) in [5.41, 5.74) is 8.99. The Hall–Kier alpha value is -4.28. The number of nitrogens with zero attached hydrogens (tertiary/aromatic N) is 7. The minimum atomic E-state index is -0.0392. The number of fused-ring (bicyclic) bond motifs is 3. The Labute approximate surface area is 177 Å². The van der Waals surface area contributed by atoms with E-state index in [0.29, 0.717) is 43.2 Å². The smallest absolute Gasteiger partial charge is 0.253 e. The van der Waals surface area contributed by atoms with Crippen LogP contribution in [0, 0.1) is 5.41 Å². The molecule has 1 saturated heterocycles. The van der Waals surface area contributed by atoms with Crippen molar-refractivity contribution in [2.24, 2.45) is 5.73 Å². The van der Waals surface area contributed by atoms with Crippen LogP contribution in [-0.4, -0.2) is 72.9 Å². The summed E-state index contributed by atoms with van der Waals surface area (Å²) in [4.78, 5) is 21.0. The van der Waals surface area contributed by atoms with Gasteiger partial charge in [0.05, 0.1) is 11.0 Å². The van der Waals surface area contributed by atoms with Crippen LogP contribution in [0.15, 0.2) is 48.5 Å². The SMILES string of the molecule is N=C(N)N1CCN(C(=O)c2ccc(Nc3nc4ccccc4n4nnnc34)cc2)CC1. The Bertz CT molecular complexity index is 1270. The van der Waals surface area contributed by atoms with Crippen LogP contribution in [0.5, 0.6) is 0 Å². The zero-order chi connectivity index (χ0) is 21.4. The lowest BCUT2D eigenvalue weighted by molar-refractivity contribution is 0.0690. The van der Waals surface area contributed by atoms with E-state index in [4.69, 9.17) is 11.1 Å². The minimum Gasteiger partial charge on any atom is -0.370 e. The third-order valence-electron chi connectivity index (χ3n) is 5.33. The Morgan fingerprint density at radius 2 is 1.71 bits per heavy atom. The third-order valence-corrected chi connectivity index (χ3v) is 5.33. The minimum absolute atomic E-state index is 0.0392. The van der Waals surface area contributed by atoms with Crippen LogP contribution in [0.4, 0.5) is 11.5 Å². The number of nitrogens with two attached hydrogens (primary N) is 1. The molecule has 0 aliphatic carbocycles. The van der Waals surface area contributed by atoms with Crippen molar-refractivity contribution in [2.75, 3.05) is 31.5 Å². The number of nitrogens with one attached hydrogen (secondary N) is 2. The summed E-state index contributed by atoms with van der Waals surface area (Å²) >= 11 is 0. The summed E-state index contributed by atoms with van der Waals surface area (Å²) in [6, 6.07) is 14.8. The van der Waals surface area contributed by atoms with E-state index >= 15 is 0 Å². The molecule has 4 aromatic rings. The van der Waals surface area contributed by atoms with Crippen molar-refractivity contribution in [1.29, 1.82) is 5.41 Å². The summed E-state index contributed by atoms with van der Waals surface area (Å²) in [5, 5.41) is 22.6. The molecule has 31 heavy (non-hydrogen) atoms. The molecular weight excluding hydrogens is 396 g/mol. The number of tetrazole rings is 1. The summed E-state index contributed by atoms with van der Waals surface area (Å²) in [6.07, 6.45) is 0. The van der Waals surface area contributed by atoms with Crippen molar-refractivity contribution in [3.05, 3.63) is 54.1 Å². The number of guanidine groups is 1. The summed E-state index contributed by atoms with van der Waals surface area (Å²) in [6.45, 7) is 2.21. The number of amides is 1. The first-order valence-corrected chi connectivity index (χ1v) is 9.82. The number of carbonyl (C=O) groups is 1. The quantitative estimate of drug-likeness (QED) is 0.333. The molecule has 2 aromatic heterocycles. The highest BCUT2D eigenvalue weighted by molar-refractivity contribution is 5.95. The Morgan fingerprint density at radius 1 is 1.00 bits per heavy atom. The average molecular weight is 416 g/mol. The maximum atomic E-state index is 12.8. The van der Waals surface area contributed by atoms with Gasteiger partial charge in [0.15, 0.2) is 11.8 Å². The highest BCUT2D eigenvalue weighted by Gasteiger charge is 2.22. The normalized spacial score (nSPS) is 14.2. The number of hydrogen-bond acceptors (Lipinski definition) is 7. The van der Waals surface area contributed by atoms with E-state index in [2.05, 4.69) is 25.8 Å². The van der Waals surface area contributed by atoms with Crippen LogP contribution < -0.4 is 11.1 Å². The number of benzene rings is 2. The van der Waals surface area contributed by atoms with Crippen molar-refractivity contribution in [1.82, 2.24) is 34.8 Å². The van der Waals surface area contributed by atoms with E-state index < -0.39 is 0 Å². The maximum Gasteiger partial charge on any atom is 0.253 e. The highest BCUT2D eigenvalue weighted by Crippen LogP contribution is 2.23. The fourth-order valence-electron chi connectivity index (χ4n) is 3.66. The van der Waals surface area contributed by atoms with Crippen LogP contribution in [0.25, 0.3) is 16.7 Å². The largest absolute Gasteiger partial charge is 0.370 e. The van der Waals surface area contributed by atoms with Gasteiger partial charge in [0, 0.05) is 37.4 Å². The van der Waals surface area contributed by atoms with E-state index in [1.165, 1.54) is 0 Å². The molecule has 3 heterocycles. The van der Waals surface area contributed by atoms with Gasteiger partial charge in [-0.2, -0.15) is 4.52 Å². The molecule has 4 N–H and O–H groups in total. The first kappa shape index (κ1) is 18.7. The summed E-state index contributed by atoms with van der Waals surface area (Å²) in [7, 11) is 0. The van der Waals surface area contributed by atoms with Gasteiger partial charge in [0.25, 0.3) is 5.91 Å². The lowest BCUT2D eigenvalue weighted by Gasteiger charge is -2.34. The van der Waals surface area contributed by atoms with Crippen LogP contribution in [0.3, 0.4) is 0 Å². The molecule has 1 aliphatic rings. The fourth-order valence-corrected chi connectivity index (χ4v) is 3.66. The number of anilines is 2. The second-order valence-electron chi connectivity index (χ2n) is 7.23. The average Bonchev–Trinajstić information content (AvgIpc) is 3.30. The van der Waals surface area contributed by atoms with Crippen molar-refractivity contribution in [2.45, 2.75) is 0 Å².